The predicted octanol–water partition coefficient (Wildman–Crippen LogP) is 0.920. The first-order chi connectivity index (χ1) is 8.61. The van der Waals surface area contributed by atoms with Crippen molar-refractivity contribution in [1.82, 2.24) is 0 Å². The summed E-state index contributed by atoms with van der Waals surface area (Å²) in [4.78, 5) is 24.2. The standard InChI is InChI=1S/C12H13NO5/c14-11(15)8-2-1-3-9(10(8)12(16)17)13-4-6-18-7-5-13/h1-3H,4-7H2,(H,14,15)(H,16,17). The van der Waals surface area contributed by atoms with Crippen LogP contribution in [0.4, 0.5) is 5.69 Å². The van der Waals surface area contributed by atoms with Gasteiger partial charge >= 0.3 is 11.9 Å². The zero-order valence-corrected chi connectivity index (χ0v) is 9.63. The van der Waals surface area contributed by atoms with E-state index < -0.39 is 11.9 Å². The van der Waals surface area contributed by atoms with E-state index in [1.54, 1.807) is 12.1 Å². The van der Waals surface area contributed by atoms with E-state index in [9.17, 15) is 14.7 Å². The predicted molar refractivity (Wildman–Crippen MR) is 63.4 cm³/mol. The summed E-state index contributed by atoms with van der Waals surface area (Å²) in [5.41, 5.74) is 0.0871. The molecular formula is C12H13NO5. The quantitative estimate of drug-likeness (QED) is 0.830. The lowest BCUT2D eigenvalue weighted by Crippen LogP contribution is -2.37. The molecule has 0 aromatic heterocycles. The van der Waals surface area contributed by atoms with Gasteiger partial charge in [-0.05, 0) is 12.1 Å². The van der Waals surface area contributed by atoms with Crippen molar-refractivity contribution < 1.29 is 24.5 Å². The molecule has 0 spiro atoms. The second kappa shape index (κ2) is 5.05. The fourth-order valence-electron chi connectivity index (χ4n) is 2.01. The molecule has 2 N–H and O–H groups in total. The number of morpholine rings is 1. The molecule has 1 fully saturated rings. The number of nitrogens with zero attached hydrogens (tertiary/aromatic N) is 1. The van der Waals surface area contributed by atoms with Crippen LogP contribution in [0.1, 0.15) is 20.7 Å². The van der Waals surface area contributed by atoms with Crippen molar-refractivity contribution in [3.63, 3.8) is 0 Å². The number of anilines is 1. The molecule has 1 heterocycles. The first-order valence-corrected chi connectivity index (χ1v) is 5.53. The highest BCUT2D eigenvalue weighted by Crippen LogP contribution is 2.25. The van der Waals surface area contributed by atoms with Gasteiger partial charge in [0.25, 0.3) is 0 Å². The minimum absolute atomic E-state index is 0.160. The SMILES string of the molecule is O=C(O)c1cccc(N2CCOCC2)c1C(=O)O. The molecule has 0 radical (unpaired) electrons. The van der Waals surface area contributed by atoms with Gasteiger partial charge in [-0.3, -0.25) is 0 Å². The van der Waals surface area contributed by atoms with Crippen molar-refractivity contribution in [3.05, 3.63) is 29.3 Å². The Kier molecular flexibility index (Phi) is 3.47. The molecule has 1 aliphatic rings. The Labute approximate surface area is 103 Å². The summed E-state index contributed by atoms with van der Waals surface area (Å²) in [7, 11) is 0. The molecule has 1 aromatic carbocycles. The first kappa shape index (κ1) is 12.4. The molecule has 2 rings (SSSR count). The molecule has 96 valence electrons. The van der Waals surface area contributed by atoms with Crippen molar-refractivity contribution in [2.24, 2.45) is 0 Å². The van der Waals surface area contributed by atoms with Gasteiger partial charge in [-0.2, -0.15) is 0 Å². The van der Waals surface area contributed by atoms with Crippen molar-refractivity contribution in [2.45, 2.75) is 0 Å². The van der Waals surface area contributed by atoms with Crippen LogP contribution in [0, 0.1) is 0 Å². The van der Waals surface area contributed by atoms with Crippen LogP contribution in [0.25, 0.3) is 0 Å². The molecule has 1 aliphatic heterocycles. The Bertz CT molecular complexity index is 479. The highest BCUT2D eigenvalue weighted by molar-refractivity contribution is 6.05. The minimum atomic E-state index is -1.23. The molecule has 18 heavy (non-hydrogen) atoms. The van der Waals surface area contributed by atoms with Crippen molar-refractivity contribution >= 4 is 17.6 Å². The number of carboxylic acids is 2. The molecule has 0 atom stereocenters. The molecule has 6 nitrogen and oxygen atoms in total. The molecule has 6 heteroatoms. The van der Waals surface area contributed by atoms with Crippen LogP contribution in [0.15, 0.2) is 18.2 Å². The monoisotopic (exact) mass is 251 g/mol. The van der Waals surface area contributed by atoms with Gasteiger partial charge in [-0.15, -0.1) is 0 Å². The summed E-state index contributed by atoms with van der Waals surface area (Å²) in [5.74, 6) is -2.46. The Morgan fingerprint density at radius 1 is 1.11 bits per heavy atom. The third-order valence-electron chi connectivity index (χ3n) is 2.84. The van der Waals surface area contributed by atoms with Crippen LogP contribution in [0.5, 0.6) is 0 Å². The molecule has 0 bridgehead atoms. The smallest absolute Gasteiger partial charge is 0.338 e. The maximum absolute atomic E-state index is 11.3. The zero-order chi connectivity index (χ0) is 13.1. The third-order valence-corrected chi connectivity index (χ3v) is 2.84. The lowest BCUT2D eigenvalue weighted by atomic mass is 10.0. The summed E-state index contributed by atoms with van der Waals surface area (Å²) >= 11 is 0. The van der Waals surface area contributed by atoms with Gasteiger partial charge in [0, 0.05) is 13.1 Å². The molecule has 0 unspecified atom stereocenters. The van der Waals surface area contributed by atoms with Crippen LogP contribution in [0.2, 0.25) is 0 Å². The molecule has 0 amide bonds. The number of benzene rings is 1. The highest BCUT2D eigenvalue weighted by Gasteiger charge is 2.24. The van der Waals surface area contributed by atoms with E-state index in [4.69, 9.17) is 9.84 Å². The summed E-state index contributed by atoms with van der Waals surface area (Å²) in [5, 5.41) is 18.2. The lowest BCUT2D eigenvalue weighted by molar-refractivity contribution is 0.0651. The number of carboxylic acid groups (broad SMARTS) is 2. The number of hydrogen-bond acceptors (Lipinski definition) is 4. The number of carbonyl (C=O) groups is 2. The van der Waals surface area contributed by atoms with Gasteiger partial charge in [-0.25, -0.2) is 9.59 Å². The van der Waals surface area contributed by atoms with E-state index in [0.29, 0.717) is 32.0 Å². The topological polar surface area (TPSA) is 87.1 Å². The van der Waals surface area contributed by atoms with E-state index in [-0.39, 0.29) is 11.1 Å². The number of ether oxygens (including phenoxy) is 1. The van der Waals surface area contributed by atoms with Crippen molar-refractivity contribution in [3.8, 4) is 0 Å². The maximum Gasteiger partial charge on any atom is 0.338 e. The summed E-state index contributed by atoms with van der Waals surface area (Å²) in [6.07, 6.45) is 0. The normalized spacial score (nSPS) is 15.4. The molecule has 0 saturated carbocycles. The Morgan fingerprint density at radius 3 is 2.33 bits per heavy atom. The molecule has 1 aromatic rings. The third kappa shape index (κ3) is 2.28. The van der Waals surface area contributed by atoms with E-state index >= 15 is 0 Å². The van der Waals surface area contributed by atoms with Crippen molar-refractivity contribution in [2.75, 3.05) is 31.2 Å². The fraction of sp³-hybridized carbons (Fsp3) is 0.333. The van der Waals surface area contributed by atoms with Gasteiger partial charge < -0.3 is 19.8 Å². The van der Waals surface area contributed by atoms with E-state index in [1.165, 1.54) is 6.07 Å². The lowest BCUT2D eigenvalue weighted by Gasteiger charge is -2.30. The number of rotatable bonds is 3. The Balaban J connectivity index is 2.48. The minimum Gasteiger partial charge on any atom is -0.478 e. The summed E-state index contributed by atoms with van der Waals surface area (Å²) in [6.45, 7) is 2.14. The van der Waals surface area contributed by atoms with Crippen LogP contribution in [-0.2, 0) is 4.74 Å². The van der Waals surface area contributed by atoms with Gasteiger partial charge in [0.1, 0.15) is 0 Å². The fourth-order valence-corrected chi connectivity index (χ4v) is 2.01. The van der Waals surface area contributed by atoms with Crippen LogP contribution in [0.3, 0.4) is 0 Å². The van der Waals surface area contributed by atoms with E-state index in [2.05, 4.69) is 0 Å². The van der Waals surface area contributed by atoms with Crippen molar-refractivity contribution in [1.29, 1.82) is 0 Å². The molecule has 1 saturated heterocycles. The van der Waals surface area contributed by atoms with Gasteiger partial charge in [0.15, 0.2) is 0 Å². The second-order valence-electron chi connectivity index (χ2n) is 3.91. The maximum atomic E-state index is 11.3. The average molecular weight is 251 g/mol. The van der Waals surface area contributed by atoms with E-state index in [1.807, 2.05) is 4.90 Å². The van der Waals surface area contributed by atoms with Crippen LogP contribution >= 0.6 is 0 Å². The van der Waals surface area contributed by atoms with Crippen LogP contribution in [-0.4, -0.2) is 48.5 Å². The van der Waals surface area contributed by atoms with Gasteiger partial charge in [0.05, 0.1) is 30.0 Å². The Hall–Kier alpha value is -2.08. The number of hydrogen-bond donors (Lipinski definition) is 2. The van der Waals surface area contributed by atoms with Crippen LogP contribution < -0.4 is 4.90 Å². The first-order valence-electron chi connectivity index (χ1n) is 5.53. The molecule has 0 aliphatic carbocycles. The highest BCUT2D eigenvalue weighted by atomic mass is 16.5. The zero-order valence-electron chi connectivity index (χ0n) is 9.63. The van der Waals surface area contributed by atoms with Gasteiger partial charge in [0.2, 0.25) is 0 Å². The molecular weight excluding hydrogens is 238 g/mol. The van der Waals surface area contributed by atoms with E-state index in [0.717, 1.165) is 0 Å². The average Bonchev–Trinajstić information content (AvgIpc) is 2.38. The Morgan fingerprint density at radius 2 is 1.78 bits per heavy atom. The summed E-state index contributed by atoms with van der Waals surface area (Å²) in [6, 6.07) is 4.48. The van der Waals surface area contributed by atoms with Gasteiger partial charge in [-0.1, -0.05) is 6.07 Å². The second-order valence-corrected chi connectivity index (χ2v) is 3.91. The summed E-state index contributed by atoms with van der Waals surface area (Å²) < 4.78 is 5.19. The number of aromatic carboxylic acids is 2. The largest absolute Gasteiger partial charge is 0.478 e.